The molecule has 3 N–H and O–H groups in total. The van der Waals surface area contributed by atoms with Gasteiger partial charge in [-0.2, -0.15) is 0 Å². The molecule has 1 aromatic carbocycles. The molecule has 1 spiro atoms. The molecule has 0 aromatic heterocycles. The lowest BCUT2D eigenvalue weighted by molar-refractivity contribution is -0.501. The number of carbonyl (C=O) groups is 1. The van der Waals surface area contributed by atoms with Crippen LogP contribution in [0.25, 0.3) is 5.57 Å². The van der Waals surface area contributed by atoms with Crippen molar-refractivity contribution in [1.29, 1.82) is 0 Å². The number of allylic oxidation sites excluding steroid dienone is 4. The van der Waals surface area contributed by atoms with Gasteiger partial charge in [0.25, 0.3) is 0 Å². The number of halogens is 3. The Morgan fingerprint density at radius 3 is 2.71 bits per heavy atom. The Hall–Kier alpha value is -1.29. The Kier molecular flexibility index (Phi) is 4.25. The molecule has 9 heteroatoms. The van der Waals surface area contributed by atoms with Gasteiger partial charge in [0, 0.05) is 30.9 Å². The van der Waals surface area contributed by atoms with Crippen LogP contribution in [0.2, 0.25) is 0 Å². The second kappa shape index (κ2) is 6.35. The number of aliphatic imine (C=N–C) groups is 1. The second-order valence-corrected chi connectivity index (χ2v) is 9.64. The molecule has 4 aliphatic rings. The van der Waals surface area contributed by atoms with Gasteiger partial charge < -0.3 is 15.2 Å². The van der Waals surface area contributed by atoms with Crippen molar-refractivity contribution in [3.8, 4) is 5.75 Å². The summed E-state index contributed by atoms with van der Waals surface area (Å²) in [7, 11) is 1.62. The summed E-state index contributed by atoms with van der Waals surface area (Å²) in [5.41, 5.74) is 2.48. The zero-order valence-electron chi connectivity index (χ0n) is 14.7. The van der Waals surface area contributed by atoms with Crippen LogP contribution in [0.5, 0.6) is 5.75 Å². The molecule has 6 nitrogen and oxygen atoms in total. The molecule has 0 saturated carbocycles. The average molecular weight is 573 g/mol. The monoisotopic (exact) mass is 570 g/mol. The van der Waals surface area contributed by atoms with Crippen LogP contribution in [-0.4, -0.2) is 35.4 Å². The van der Waals surface area contributed by atoms with Crippen molar-refractivity contribution >= 4 is 75.1 Å². The first-order valence-corrected chi connectivity index (χ1v) is 11.1. The smallest absolute Gasteiger partial charge is 0.215 e. The number of rotatable bonds is 1. The average Bonchev–Trinajstić information content (AvgIpc) is 3.01. The van der Waals surface area contributed by atoms with Crippen molar-refractivity contribution in [3.63, 3.8) is 0 Å². The standard InChI is InChI=1S/C19H14Br3N3O3/c1-28-10-6-19(4-8(20)16(26)9(21)5-19)12-13-11-7(2-3-23-13)18(22)25-14(11)17(27)15(12)24-10/h4-5,10,24,27H,2-3,6H2,1H3/p+1. The van der Waals surface area contributed by atoms with Crippen molar-refractivity contribution in [2.45, 2.75) is 24.5 Å². The molecular formula is C19H15Br3N3O3+. The summed E-state index contributed by atoms with van der Waals surface area (Å²) in [5, 5.41) is 16.3. The number of aromatic hydroxyl groups is 1. The van der Waals surface area contributed by atoms with Gasteiger partial charge in [0.2, 0.25) is 11.1 Å². The van der Waals surface area contributed by atoms with Gasteiger partial charge in [-0.1, -0.05) is 12.2 Å². The van der Waals surface area contributed by atoms with E-state index in [0.717, 1.165) is 39.3 Å². The van der Waals surface area contributed by atoms with Crippen LogP contribution < -0.4 is 20.9 Å². The van der Waals surface area contributed by atoms with Crippen LogP contribution in [0.3, 0.4) is 0 Å². The van der Waals surface area contributed by atoms with Gasteiger partial charge in [0.1, 0.15) is 23.1 Å². The van der Waals surface area contributed by atoms with Crippen LogP contribution in [0.4, 0.5) is 11.4 Å². The molecule has 1 unspecified atom stereocenters. The fraction of sp³-hybridized carbons (Fsp3) is 0.316. The number of nitrogens with zero attached hydrogens (tertiary/aromatic N) is 1. The molecule has 3 heterocycles. The third-order valence-electron chi connectivity index (χ3n) is 5.67. The molecule has 0 amide bonds. The summed E-state index contributed by atoms with van der Waals surface area (Å²) in [6, 6.07) is 0. The Morgan fingerprint density at radius 1 is 1.32 bits per heavy atom. The maximum Gasteiger partial charge on any atom is 0.215 e. The first-order chi connectivity index (χ1) is 13.4. The summed E-state index contributed by atoms with van der Waals surface area (Å²) >= 11 is 10.4. The van der Waals surface area contributed by atoms with E-state index in [2.05, 4.69) is 63.1 Å². The summed E-state index contributed by atoms with van der Waals surface area (Å²) in [4.78, 5) is 20.4. The highest BCUT2D eigenvalue weighted by Crippen LogP contribution is 2.49. The van der Waals surface area contributed by atoms with Crippen LogP contribution >= 0.6 is 47.8 Å². The van der Waals surface area contributed by atoms with Gasteiger partial charge in [-0.3, -0.25) is 4.79 Å². The predicted molar refractivity (Wildman–Crippen MR) is 116 cm³/mol. The topological polar surface area (TPSA) is 84.9 Å². The summed E-state index contributed by atoms with van der Waals surface area (Å²) in [6.07, 6.45) is 4.87. The highest BCUT2D eigenvalue weighted by molar-refractivity contribution is 9.18. The number of ketones is 1. The van der Waals surface area contributed by atoms with Crippen LogP contribution in [0, 0.1) is 0 Å². The zero-order valence-corrected chi connectivity index (χ0v) is 19.5. The molecule has 1 aromatic rings. The van der Waals surface area contributed by atoms with Gasteiger partial charge in [-0.15, -0.1) is 0 Å². The molecule has 1 atom stereocenters. The van der Waals surface area contributed by atoms with E-state index < -0.39 is 5.41 Å². The lowest BCUT2D eigenvalue weighted by Gasteiger charge is -2.40. The van der Waals surface area contributed by atoms with E-state index >= 15 is 0 Å². The van der Waals surface area contributed by atoms with E-state index in [4.69, 9.17) is 4.74 Å². The Morgan fingerprint density at radius 2 is 2.04 bits per heavy atom. The molecule has 1 aliphatic carbocycles. The minimum absolute atomic E-state index is 0.0940. The quantitative estimate of drug-likeness (QED) is 0.443. The molecule has 0 bridgehead atoms. The number of Topliss-reactive ketones (excluding diaryl/α,β-unsaturated/α-hetero) is 1. The first-order valence-electron chi connectivity index (χ1n) is 8.75. The van der Waals surface area contributed by atoms with E-state index in [0.29, 0.717) is 26.8 Å². The van der Waals surface area contributed by atoms with Crippen molar-refractivity contribution in [3.05, 3.63) is 37.3 Å². The lowest BCUT2D eigenvalue weighted by Crippen LogP contribution is -2.83. The third-order valence-corrected chi connectivity index (χ3v) is 7.50. The number of phenols is 1. The van der Waals surface area contributed by atoms with Gasteiger partial charge in [-0.25, -0.2) is 9.98 Å². The molecule has 5 rings (SSSR count). The number of phenolic OH excluding ortho intramolecular Hbond substituents is 1. The van der Waals surface area contributed by atoms with Crippen molar-refractivity contribution < 1.29 is 19.6 Å². The van der Waals surface area contributed by atoms with Crippen molar-refractivity contribution in [2.24, 2.45) is 4.99 Å². The van der Waals surface area contributed by atoms with Gasteiger partial charge in [-0.05, 0) is 47.8 Å². The minimum Gasteiger partial charge on any atom is -0.504 e. The highest BCUT2D eigenvalue weighted by Gasteiger charge is 2.46. The summed E-state index contributed by atoms with van der Waals surface area (Å²) < 4.78 is 7.33. The minimum atomic E-state index is -0.640. The Balaban J connectivity index is 1.94. The number of methoxy groups -OCH3 is 1. The van der Waals surface area contributed by atoms with E-state index in [1.54, 1.807) is 7.11 Å². The number of anilines is 1. The normalized spacial score (nSPS) is 24.0. The Labute approximate surface area is 185 Å². The Bertz CT molecular complexity index is 1160. The third kappa shape index (κ3) is 2.42. The van der Waals surface area contributed by atoms with Gasteiger partial charge >= 0.3 is 0 Å². The number of ether oxygens (including phenoxy) is 1. The first kappa shape index (κ1) is 18.7. The molecule has 0 fully saturated rings. The lowest BCUT2D eigenvalue weighted by atomic mass is 9.70. The van der Waals surface area contributed by atoms with Gasteiger partial charge in [0.05, 0.1) is 25.4 Å². The molecule has 0 saturated heterocycles. The molecule has 3 aliphatic heterocycles. The number of fused-ring (bicyclic) bond motifs is 3. The van der Waals surface area contributed by atoms with E-state index in [-0.39, 0.29) is 17.8 Å². The fourth-order valence-electron chi connectivity index (χ4n) is 4.48. The molecule has 0 radical (unpaired) electrons. The van der Waals surface area contributed by atoms with E-state index in [1.807, 2.05) is 12.2 Å². The number of carbonyl (C=O) groups excluding carboxylic acids is 1. The van der Waals surface area contributed by atoms with E-state index in [9.17, 15) is 9.90 Å². The fourth-order valence-corrected chi connectivity index (χ4v) is 6.57. The maximum absolute atomic E-state index is 12.4. The number of hydrogen-bond donors (Lipinski definition) is 3. The molecule has 144 valence electrons. The number of benzene rings is 1. The van der Waals surface area contributed by atoms with Crippen LogP contribution in [0.15, 0.2) is 26.1 Å². The predicted octanol–water partition coefficient (Wildman–Crippen LogP) is 1.25. The van der Waals surface area contributed by atoms with Crippen molar-refractivity contribution in [2.75, 3.05) is 19.0 Å². The zero-order chi connectivity index (χ0) is 19.8. The van der Waals surface area contributed by atoms with E-state index in [1.165, 1.54) is 0 Å². The number of hydrogen-bond acceptors (Lipinski definition) is 5. The SMILES string of the molecule is COC1CC2(C=C(Br)C(=O)C(Br)=C2)c2c(c(O)c3c4c2=[NH+]CCC=4C(Br)=N3)N1. The van der Waals surface area contributed by atoms with Crippen molar-refractivity contribution in [1.82, 2.24) is 0 Å². The summed E-state index contributed by atoms with van der Waals surface area (Å²) in [5.74, 6) is -0.0125. The summed E-state index contributed by atoms with van der Waals surface area (Å²) in [6.45, 7) is 0.766. The maximum atomic E-state index is 12.4. The molecule has 28 heavy (non-hydrogen) atoms. The van der Waals surface area contributed by atoms with Gasteiger partial charge in [0.15, 0.2) is 5.75 Å². The van der Waals surface area contributed by atoms with Crippen LogP contribution in [-0.2, 0) is 14.9 Å². The van der Waals surface area contributed by atoms with Crippen LogP contribution in [0.1, 0.15) is 18.4 Å². The second-order valence-electron chi connectivity index (χ2n) is 7.18. The number of nitrogens with one attached hydrogen (secondary N) is 2. The molecular weight excluding hydrogens is 558 g/mol. The largest absolute Gasteiger partial charge is 0.504 e. The highest BCUT2D eigenvalue weighted by atomic mass is 79.9.